The molecule has 5 N–H and O–H groups in total. The Hall–Kier alpha value is -3.57. The predicted octanol–water partition coefficient (Wildman–Crippen LogP) is 2.31. The van der Waals surface area contributed by atoms with Gasteiger partial charge in [-0.3, -0.25) is 9.32 Å². The Bertz CT molecular complexity index is 1540. The maximum absolute atomic E-state index is 14.2. The van der Waals surface area contributed by atoms with Crippen LogP contribution in [0.5, 0.6) is 5.75 Å². The van der Waals surface area contributed by atoms with Crippen LogP contribution in [-0.2, 0) is 29.0 Å². The van der Waals surface area contributed by atoms with Gasteiger partial charge in [-0.25, -0.2) is 14.1 Å². The van der Waals surface area contributed by atoms with Gasteiger partial charge < -0.3 is 29.9 Å². The molecule has 5 atom stereocenters. The Morgan fingerprint density at radius 2 is 2.05 bits per heavy atom. The second kappa shape index (κ2) is 12.2. The molecule has 1 unspecified atom stereocenters. The fourth-order valence-electron chi connectivity index (χ4n) is 4.86. The van der Waals surface area contributed by atoms with Crippen LogP contribution in [0.1, 0.15) is 38.8 Å². The Labute approximate surface area is 248 Å². The van der Waals surface area contributed by atoms with Gasteiger partial charge in [0.2, 0.25) is 5.60 Å². The van der Waals surface area contributed by atoms with E-state index in [2.05, 4.69) is 15.2 Å². The lowest BCUT2D eigenvalue weighted by molar-refractivity contribution is -0.146. The number of nitrogens with zero attached hydrogens (tertiary/aromatic N) is 4. The van der Waals surface area contributed by atoms with Crippen molar-refractivity contribution in [2.45, 2.75) is 56.5 Å². The molecular weight excluding hydrogens is 579 g/mol. The molecule has 2 aliphatic rings. The third-order valence-electron chi connectivity index (χ3n) is 7.44. The second-order valence-electron chi connectivity index (χ2n) is 11.3. The number of carbonyl (C=O) groups excluding carboxylic acids is 1. The molecule has 43 heavy (non-hydrogen) atoms. The second-order valence-corrected chi connectivity index (χ2v) is 13.0. The molecular formula is C28H35N6O8P. The van der Waals surface area contributed by atoms with E-state index in [0.717, 1.165) is 12.8 Å². The van der Waals surface area contributed by atoms with Crippen molar-refractivity contribution in [3.63, 3.8) is 0 Å². The zero-order chi connectivity index (χ0) is 30.8. The number of nitriles is 1. The van der Waals surface area contributed by atoms with Gasteiger partial charge in [0.25, 0.3) is 0 Å². The summed E-state index contributed by atoms with van der Waals surface area (Å²) in [4.78, 5) is 16.9. The molecule has 0 amide bonds. The first-order chi connectivity index (χ1) is 20.5. The van der Waals surface area contributed by atoms with Gasteiger partial charge in [0, 0.05) is 0 Å². The summed E-state index contributed by atoms with van der Waals surface area (Å²) in [6.45, 7) is 2.73. The van der Waals surface area contributed by atoms with Crippen LogP contribution in [0, 0.1) is 23.2 Å². The first kappa shape index (κ1) is 30.9. The monoisotopic (exact) mass is 614 g/mol. The fraction of sp³-hybridized carbons (Fsp3) is 0.500. The van der Waals surface area contributed by atoms with Crippen molar-refractivity contribution in [2.75, 3.05) is 25.6 Å². The van der Waals surface area contributed by atoms with E-state index in [4.69, 9.17) is 24.3 Å². The molecule has 1 aliphatic heterocycles. The smallest absolute Gasteiger partial charge is 0.459 e. The number of rotatable bonds is 13. The van der Waals surface area contributed by atoms with E-state index >= 15 is 0 Å². The number of esters is 1. The quantitative estimate of drug-likeness (QED) is 0.161. The van der Waals surface area contributed by atoms with E-state index in [1.165, 1.54) is 16.9 Å². The molecule has 230 valence electrons. The summed E-state index contributed by atoms with van der Waals surface area (Å²) in [5.41, 5.74) is 2.06. The molecule has 15 heteroatoms. The predicted molar refractivity (Wildman–Crippen MR) is 152 cm³/mol. The molecule has 2 fully saturated rings. The van der Waals surface area contributed by atoms with Crippen LogP contribution in [0.4, 0.5) is 5.82 Å². The van der Waals surface area contributed by atoms with Crippen molar-refractivity contribution in [1.29, 1.82) is 5.26 Å². The van der Waals surface area contributed by atoms with Gasteiger partial charge in [0.1, 0.15) is 42.4 Å². The molecule has 3 heterocycles. The van der Waals surface area contributed by atoms with E-state index in [1.807, 2.05) is 19.9 Å². The fourth-order valence-corrected chi connectivity index (χ4v) is 6.40. The number of fused-ring (bicyclic) bond motifs is 1. The van der Waals surface area contributed by atoms with Crippen molar-refractivity contribution >= 4 is 25.1 Å². The number of para-hydroxylation sites is 1. The Morgan fingerprint density at radius 3 is 2.72 bits per heavy atom. The van der Waals surface area contributed by atoms with Gasteiger partial charge in [0.15, 0.2) is 11.4 Å². The number of nitrogens with two attached hydrogens (primary N) is 1. The minimum Gasteiger partial charge on any atom is -0.464 e. The minimum atomic E-state index is -4.44. The summed E-state index contributed by atoms with van der Waals surface area (Å²) in [5, 5.41) is 39.9. The van der Waals surface area contributed by atoms with Gasteiger partial charge in [-0.2, -0.15) is 15.4 Å². The lowest BCUT2D eigenvalue weighted by Crippen LogP contribution is -2.51. The van der Waals surface area contributed by atoms with Crippen LogP contribution in [0.2, 0.25) is 0 Å². The van der Waals surface area contributed by atoms with E-state index in [-0.39, 0.29) is 36.2 Å². The van der Waals surface area contributed by atoms with Gasteiger partial charge in [-0.15, -0.1) is 0 Å². The number of hydrogen-bond donors (Lipinski definition) is 4. The highest BCUT2D eigenvalue weighted by Gasteiger charge is 2.61. The molecule has 3 aromatic rings. The first-order valence-corrected chi connectivity index (χ1v) is 15.5. The zero-order valence-corrected chi connectivity index (χ0v) is 24.7. The Kier molecular flexibility index (Phi) is 8.76. The molecule has 0 bridgehead atoms. The number of ether oxygens (including phenoxy) is 2. The lowest BCUT2D eigenvalue weighted by atomic mass is 9.86. The van der Waals surface area contributed by atoms with Crippen LogP contribution in [-0.4, -0.2) is 68.3 Å². The summed E-state index contributed by atoms with van der Waals surface area (Å²) in [6, 6.07) is 12.0. The van der Waals surface area contributed by atoms with Crippen LogP contribution >= 0.6 is 7.75 Å². The zero-order valence-electron chi connectivity index (χ0n) is 23.8. The van der Waals surface area contributed by atoms with Crippen LogP contribution < -0.4 is 15.3 Å². The van der Waals surface area contributed by atoms with Crippen molar-refractivity contribution in [2.24, 2.45) is 11.8 Å². The molecule has 1 aliphatic carbocycles. The summed E-state index contributed by atoms with van der Waals surface area (Å²) >= 11 is 0. The molecule has 5 rings (SSSR count). The number of aromatic nitrogens is 3. The third kappa shape index (κ3) is 6.52. The van der Waals surface area contributed by atoms with Crippen LogP contribution in [0.25, 0.3) is 5.52 Å². The number of anilines is 1. The highest BCUT2D eigenvalue weighted by molar-refractivity contribution is 7.52. The van der Waals surface area contributed by atoms with Crippen molar-refractivity contribution in [3.05, 3.63) is 54.5 Å². The number of benzene rings is 1. The topological polar surface area (TPSA) is 204 Å². The molecule has 1 saturated carbocycles. The first-order valence-electron chi connectivity index (χ1n) is 14.0. The van der Waals surface area contributed by atoms with Gasteiger partial charge in [0.05, 0.1) is 18.9 Å². The van der Waals surface area contributed by atoms with Crippen molar-refractivity contribution < 1.29 is 38.1 Å². The summed E-state index contributed by atoms with van der Waals surface area (Å²) in [6.07, 6.45) is 1.52. The molecule has 0 radical (unpaired) electrons. The Balaban J connectivity index is 1.40. The van der Waals surface area contributed by atoms with E-state index in [1.54, 1.807) is 36.4 Å². The largest absolute Gasteiger partial charge is 0.464 e. The number of aliphatic hydroxyl groups excluding tert-OH is 1. The highest BCUT2D eigenvalue weighted by Crippen LogP contribution is 2.49. The number of nitrogen functional groups attached to an aromatic ring is 1. The van der Waals surface area contributed by atoms with Crippen molar-refractivity contribution in [3.8, 4) is 11.8 Å². The molecule has 1 aromatic carbocycles. The highest BCUT2D eigenvalue weighted by atomic mass is 31.2. The SMILES string of the molecule is CC(C)C[C@H](NP(=O)(OC[C@@]1(C#N)OC[C@@](O)(c2ccc3c(N)ncnn23)[C@@H]1O)Oc1ccccc1)C(=O)OCC1CC1. The maximum atomic E-state index is 14.2. The summed E-state index contributed by atoms with van der Waals surface area (Å²) < 4.78 is 38.2. The normalized spacial score (nSPS) is 25.7. The van der Waals surface area contributed by atoms with Crippen LogP contribution in [0.3, 0.4) is 0 Å². The summed E-state index contributed by atoms with van der Waals surface area (Å²) in [5.74, 6) is 0.0311. The van der Waals surface area contributed by atoms with Gasteiger partial charge in [-0.05, 0) is 55.4 Å². The minimum absolute atomic E-state index is 0.00584. The van der Waals surface area contributed by atoms with Gasteiger partial charge >= 0.3 is 13.7 Å². The van der Waals surface area contributed by atoms with Gasteiger partial charge in [-0.1, -0.05) is 32.0 Å². The van der Waals surface area contributed by atoms with E-state index in [0.29, 0.717) is 11.4 Å². The average molecular weight is 615 g/mol. The number of aliphatic hydroxyl groups is 2. The van der Waals surface area contributed by atoms with Crippen molar-refractivity contribution in [1.82, 2.24) is 19.7 Å². The molecule has 2 aromatic heterocycles. The third-order valence-corrected chi connectivity index (χ3v) is 8.99. The molecule has 0 spiro atoms. The standard InChI is InChI=1S/C28H35N6O8P/c1-18(2)12-21(25(35)39-13-19-8-9-19)33-43(38,42-20-6-4-3-5-7-20)41-15-27(14-29)26(36)28(37,16-40-27)23-11-10-22-24(30)31-17-32-34(22)23/h3-7,10-11,17-19,21,26,36-37H,8-9,12-13,15-16H2,1-2H3,(H,33,38)(H2,30,31,32)/t21-,26+,27+,28+,43?/m0/s1. The average Bonchev–Trinajstić information content (AvgIpc) is 3.65. The number of carbonyl (C=O) groups is 1. The van der Waals surface area contributed by atoms with E-state index in [9.17, 15) is 24.8 Å². The summed E-state index contributed by atoms with van der Waals surface area (Å²) in [7, 11) is -4.44. The molecule has 14 nitrogen and oxygen atoms in total. The maximum Gasteiger partial charge on any atom is 0.459 e. The number of nitrogens with one attached hydrogen (secondary N) is 1. The Morgan fingerprint density at radius 1 is 1.30 bits per heavy atom. The van der Waals surface area contributed by atoms with E-state index < -0.39 is 50.3 Å². The number of hydrogen-bond acceptors (Lipinski definition) is 12. The molecule has 1 saturated heterocycles. The van der Waals surface area contributed by atoms with Crippen LogP contribution in [0.15, 0.2) is 48.8 Å². The lowest BCUT2D eigenvalue weighted by Gasteiger charge is -2.31.